The molecule has 2 aromatic rings. The highest BCUT2D eigenvalue weighted by molar-refractivity contribution is 7.99. The number of amides is 1. The van der Waals surface area contributed by atoms with Gasteiger partial charge in [-0.3, -0.25) is 9.69 Å². The van der Waals surface area contributed by atoms with E-state index >= 15 is 0 Å². The fourth-order valence-electron chi connectivity index (χ4n) is 2.97. The predicted octanol–water partition coefficient (Wildman–Crippen LogP) is 2.57. The molecule has 2 N–H and O–H groups in total. The second kappa shape index (κ2) is 7.36. The summed E-state index contributed by atoms with van der Waals surface area (Å²) in [6, 6.07) is 8.40. The Morgan fingerprint density at radius 1 is 1.52 bits per heavy atom. The summed E-state index contributed by atoms with van der Waals surface area (Å²) >= 11 is 1.97. The second-order valence-corrected chi connectivity index (χ2v) is 7.25. The zero-order valence-corrected chi connectivity index (χ0v) is 14.5. The minimum Gasteiger partial charge on any atom is -0.345 e. The van der Waals surface area contributed by atoms with Gasteiger partial charge in [0.15, 0.2) is 0 Å². The average Bonchev–Trinajstić information content (AvgIpc) is 3.21. The summed E-state index contributed by atoms with van der Waals surface area (Å²) in [7, 11) is 2.04. The monoisotopic (exact) mass is 332 g/mol. The van der Waals surface area contributed by atoms with Gasteiger partial charge in [-0.05, 0) is 37.8 Å². The fraction of sp³-hybridized carbons (Fsp3) is 0.529. The molecule has 1 aromatic carbocycles. The Kier molecular flexibility index (Phi) is 5.23. The van der Waals surface area contributed by atoms with Crippen LogP contribution in [0.25, 0.3) is 11.0 Å². The highest BCUT2D eigenvalue weighted by Crippen LogP contribution is 2.21. The first-order valence-electron chi connectivity index (χ1n) is 8.19. The Morgan fingerprint density at radius 3 is 3.04 bits per heavy atom. The normalized spacial score (nSPS) is 19.3. The minimum atomic E-state index is -0.0683. The standard InChI is InChI=1S/C17H24N4OS/c1-3-13(17-19-14-6-4-5-7-15(14)20-17)18-16(22)10-21(2)12-8-9-23-11-12/h4-7,12-13H,3,8-11H2,1-2H3,(H,18,22)(H,19,20)/t12-,13+/m0/s1. The SMILES string of the molecule is CC[C@@H](NC(=O)CN(C)[C@H]1CCSC1)c1nc2ccccc2[nH]1. The molecule has 0 saturated carbocycles. The molecule has 0 radical (unpaired) electrons. The Hall–Kier alpha value is -1.53. The molecule has 2 heterocycles. The number of aromatic nitrogens is 2. The molecule has 1 aromatic heterocycles. The number of benzene rings is 1. The number of imidazole rings is 1. The highest BCUT2D eigenvalue weighted by atomic mass is 32.2. The van der Waals surface area contributed by atoms with E-state index in [9.17, 15) is 4.79 Å². The number of carbonyl (C=O) groups is 1. The summed E-state index contributed by atoms with van der Waals surface area (Å²) in [5.41, 5.74) is 1.95. The first-order chi connectivity index (χ1) is 11.2. The minimum absolute atomic E-state index is 0.0664. The highest BCUT2D eigenvalue weighted by Gasteiger charge is 2.23. The maximum Gasteiger partial charge on any atom is 0.234 e. The van der Waals surface area contributed by atoms with Crippen LogP contribution >= 0.6 is 11.8 Å². The van der Waals surface area contributed by atoms with Gasteiger partial charge in [-0.2, -0.15) is 11.8 Å². The van der Waals surface area contributed by atoms with Gasteiger partial charge in [0.25, 0.3) is 0 Å². The molecular weight excluding hydrogens is 308 g/mol. The lowest BCUT2D eigenvalue weighted by molar-refractivity contribution is -0.123. The fourth-order valence-corrected chi connectivity index (χ4v) is 4.27. The number of hydrogen-bond acceptors (Lipinski definition) is 4. The quantitative estimate of drug-likeness (QED) is 0.853. The number of carbonyl (C=O) groups excluding carboxylic acids is 1. The van der Waals surface area contributed by atoms with Gasteiger partial charge in [-0.25, -0.2) is 4.98 Å². The van der Waals surface area contributed by atoms with E-state index in [4.69, 9.17) is 0 Å². The van der Waals surface area contributed by atoms with E-state index in [0.29, 0.717) is 12.6 Å². The number of H-pyrrole nitrogens is 1. The number of nitrogens with one attached hydrogen (secondary N) is 2. The summed E-state index contributed by atoms with van der Waals surface area (Å²) < 4.78 is 0. The molecule has 0 bridgehead atoms. The molecule has 1 aliphatic heterocycles. The predicted molar refractivity (Wildman–Crippen MR) is 95.6 cm³/mol. The average molecular weight is 332 g/mol. The molecule has 23 heavy (non-hydrogen) atoms. The van der Waals surface area contributed by atoms with Gasteiger partial charge in [0.2, 0.25) is 5.91 Å². The third-order valence-electron chi connectivity index (χ3n) is 4.40. The molecule has 124 valence electrons. The van der Waals surface area contributed by atoms with Crippen LogP contribution in [0.2, 0.25) is 0 Å². The van der Waals surface area contributed by atoms with Crippen molar-refractivity contribution in [3.05, 3.63) is 30.1 Å². The number of rotatable bonds is 6. The van der Waals surface area contributed by atoms with Gasteiger partial charge in [-0.15, -0.1) is 0 Å². The molecule has 1 fully saturated rings. The van der Waals surface area contributed by atoms with Crippen molar-refractivity contribution < 1.29 is 4.79 Å². The van der Waals surface area contributed by atoms with E-state index in [2.05, 4.69) is 27.1 Å². The largest absolute Gasteiger partial charge is 0.345 e. The van der Waals surface area contributed by atoms with Gasteiger partial charge in [-0.1, -0.05) is 19.1 Å². The summed E-state index contributed by atoms with van der Waals surface area (Å²) in [6.07, 6.45) is 1.99. The van der Waals surface area contributed by atoms with Crippen LogP contribution in [0, 0.1) is 0 Å². The first kappa shape index (κ1) is 16.3. The van der Waals surface area contributed by atoms with Crippen LogP contribution in [0.1, 0.15) is 31.6 Å². The van der Waals surface area contributed by atoms with Crippen molar-refractivity contribution in [3.63, 3.8) is 0 Å². The molecule has 5 nitrogen and oxygen atoms in total. The van der Waals surface area contributed by atoms with Crippen LogP contribution in [0.3, 0.4) is 0 Å². The van der Waals surface area contributed by atoms with Crippen molar-refractivity contribution in [2.24, 2.45) is 0 Å². The van der Waals surface area contributed by atoms with Crippen LogP contribution in [0.4, 0.5) is 0 Å². The summed E-state index contributed by atoms with van der Waals surface area (Å²) in [6.45, 7) is 2.51. The first-order valence-corrected chi connectivity index (χ1v) is 9.35. The van der Waals surface area contributed by atoms with Crippen LogP contribution in [-0.2, 0) is 4.79 Å². The molecular formula is C17H24N4OS. The topological polar surface area (TPSA) is 61.0 Å². The summed E-state index contributed by atoms with van der Waals surface area (Å²) in [4.78, 5) is 22.5. The molecule has 0 spiro atoms. The molecule has 1 aliphatic rings. The Morgan fingerprint density at radius 2 is 2.35 bits per heavy atom. The Labute approximate surface area is 141 Å². The van der Waals surface area contributed by atoms with E-state index in [-0.39, 0.29) is 11.9 Å². The number of likely N-dealkylation sites (N-methyl/N-ethyl adjacent to an activating group) is 1. The van der Waals surface area contributed by atoms with Crippen LogP contribution < -0.4 is 5.32 Å². The lowest BCUT2D eigenvalue weighted by Gasteiger charge is -2.24. The molecule has 1 saturated heterocycles. The zero-order chi connectivity index (χ0) is 16.2. The zero-order valence-electron chi connectivity index (χ0n) is 13.7. The number of para-hydroxylation sites is 2. The molecule has 3 rings (SSSR count). The third-order valence-corrected chi connectivity index (χ3v) is 5.55. The van der Waals surface area contributed by atoms with Gasteiger partial charge in [0.1, 0.15) is 5.82 Å². The van der Waals surface area contributed by atoms with Gasteiger partial charge in [0, 0.05) is 11.8 Å². The second-order valence-electron chi connectivity index (χ2n) is 6.10. The summed E-state index contributed by atoms with van der Waals surface area (Å²) in [5.74, 6) is 3.23. The number of thioether (sulfide) groups is 1. The smallest absolute Gasteiger partial charge is 0.234 e. The van der Waals surface area contributed by atoms with Crippen molar-refractivity contribution in [1.29, 1.82) is 0 Å². The van der Waals surface area contributed by atoms with Crippen molar-refractivity contribution in [2.75, 3.05) is 25.1 Å². The molecule has 2 atom stereocenters. The van der Waals surface area contributed by atoms with Gasteiger partial charge in [0.05, 0.1) is 23.6 Å². The molecule has 0 unspecified atom stereocenters. The molecule has 1 amide bonds. The lowest BCUT2D eigenvalue weighted by Crippen LogP contribution is -2.41. The maximum atomic E-state index is 12.4. The van der Waals surface area contributed by atoms with E-state index < -0.39 is 0 Å². The Bertz CT molecular complexity index is 632. The van der Waals surface area contributed by atoms with Crippen LogP contribution in [0.5, 0.6) is 0 Å². The van der Waals surface area contributed by atoms with E-state index in [0.717, 1.165) is 29.0 Å². The Balaban J connectivity index is 1.62. The molecule has 0 aliphatic carbocycles. The number of hydrogen-bond donors (Lipinski definition) is 2. The van der Waals surface area contributed by atoms with Crippen molar-refractivity contribution in [1.82, 2.24) is 20.2 Å². The molecule has 6 heteroatoms. The lowest BCUT2D eigenvalue weighted by atomic mass is 10.2. The van der Waals surface area contributed by atoms with E-state index in [1.165, 1.54) is 12.2 Å². The van der Waals surface area contributed by atoms with E-state index in [1.54, 1.807) is 0 Å². The number of nitrogens with zero attached hydrogens (tertiary/aromatic N) is 2. The van der Waals surface area contributed by atoms with Gasteiger partial charge < -0.3 is 10.3 Å². The maximum absolute atomic E-state index is 12.4. The third kappa shape index (κ3) is 3.87. The van der Waals surface area contributed by atoms with Crippen molar-refractivity contribution in [2.45, 2.75) is 31.8 Å². The number of aromatic amines is 1. The van der Waals surface area contributed by atoms with Crippen LogP contribution in [-0.4, -0.2) is 51.9 Å². The van der Waals surface area contributed by atoms with Crippen LogP contribution in [0.15, 0.2) is 24.3 Å². The van der Waals surface area contributed by atoms with Gasteiger partial charge >= 0.3 is 0 Å². The van der Waals surface area contributed by atoms with Crippen molar-refractivity contribution in [3.8, 4) is 0 Å². The van der Waals surface area contributed by atoms with E-state index in [1.807, 2.05) is 43.1 Å². The summed E-state index contributed by atoms with van der Waals surface area (Å²) in [5, 5.41) is 3.12. The van der Waals surface area contributed by atoms with Crippen molar-refractivity contribution >= 4 is 28.7 Å². The number of fused-ring (bicyclic) bond motifs is 1.